The third-order valence-electron chi connectivity index (χ3n) is 3.08. The summed E-state index contributed by atoms with van der Waals surface area (Å²) in [6, 6.07) is 8.08. The van der Waals surface area contributed by atoms with E-state index in [-0.39, 0.29) is 0 Å². The first-order valence-corrected chi connectivity index (χ1v) is 6.73. The topological polar surface area (TPSA) is 32.3 Å². The quantitative estimate of drug-likeness (QED) is 0.676. The molecule has 17 heavy (non-hydrogen) atoms. The van der Waals surface area contributed by atoms with Gasteiger partial charge in [0.05, 0.1) is 0 Å². The van der Waals surface area contributed by atoms with E-state index in [2.05, 4.69) is 19.2 Å². The van der Waals surface area contributed by atoms with Gasteiger partial charge in [0.25, 0.3) is 0 Å². The van der Waals surface area contributed by atoms with Crippen molar-refractivity contribution in [3.63, 3.8) is 0 Å². The highest BCUT2D eigenvalue weighted by Gasteiger charge is 2.00. The lowest BCUT2D eigenvalue weighted by atomic mass is 10.1. The van der Waals surface area contributed by atoms with Crippen LogP contribution in [0.2, 0.25) is 0 Å². The van der Waals surface area contributed by atoms with Crippen LogP contribution in [0.25, 0.3) is 0 Å². The van der Waals surface area contributed by atoms with Gasteiger partial charge in [-0.15, -0.1) is 0 Å². The van der Waals surface area contributed by atoms with Crippen LogP contribution in [-0.4, -0.2) is 17.7 Å². The smallest absolute Gasteiger partial charge is 0.115 e. The minimum atomic E-state index is 0.342. The lowest BCUT2D eigenvalue weighted by molar-refractivity contribution is 0.474. The molecule has 0 bridgehead atoms. The fourth-order valence-electron chi connectivity index (χ4n) is 1.93. The Morgan fingerprint density at radius 2 is 1.88 bits per heavy atom. The molecule has 2 heteroatoms. The van der Waals surface area contributed by atoms with Crippen molar-refractivity contribution in [2.75, 3.05) is 6.54 Å². The molecule has 1 atom stereocenters. The molecule has 0 spiro atoms. The number of nitrogens with one attached hydrogen (secondary N) is 1. The van der Waals surface area contributed by atoms with Crippen LogP contribution in [0.1, 0.15) is 45.1 Å². The van der Waals surface area contributed by atoms with E-state index in [1.807, 2.05) is 12.1 Å². The Bertz CT molecular complexity index is 294. The summed E-state index contributed by atoms with van der Waals surface area (Å²) in [6.45, 7) is 5.51. The Hall–Kier alpha value is -1.02. The number of aromatic hydroxyl groups is 1. The molecular formula is C15H25NO. The average Bonchev–Trinajstić information content (AvgIpc) is 2.32. The van der Waals surface area contributed by atoms with E-state index in [0.717, 1.165) is 13.0 Å². The molecule has 1 unspecified atom stereocenters. The molecule has 0 aromatic heterocycles. The van der Waals surface area contributed by atoms with E-state index in [0.29, 0.717) is 11.8 Å². The molecular weight excluding hydrogens is 210 g/mol. The molecule has 0 aliphatic carbocycles. The maximum absolute atomic E-state index is 9.18. The van der Waals surface area contributed by atoms with Crippen molar-refractivity contribution in [2.24, 2.45) is 0 Å². The van der Waals surface area contributed by atoms with E-state index < -0.39 is 0 Å². The molecule has 96 valence electrons. The largest absolute Gasteiger partial charge is 0.508 e. The zero-order valence-corrected chi connectivity index (χ0v) is 11.1. The maximum atomic E-state index is 9.18. The highest BCUT2D eigenvalue weighted by molar-refractivity contribution is 5.25. The summed E-state index contributed by atoms with van der Waals surface area (Å²) in [5.41, 5.74) is 1.27. The maximum Gasteiger partial charge on any atom is 0.115 e. The van der Waals surface area contributed by atoms with Crippen LogP contribution < -0.4 is 5.32 Å². The minimum Gasteiger partial charge on any atom is -0.508 e. The minimum absolute atomic E-state index is 0.342. The predicted molar refractivity (Wildman–Crippen MR) is 73.4 cm³/mol. The van der Waals surface area contributed by atoms with Crippen LogP contribution in [0.3, 0.4) is 0 Å². The number of rotatable bonds is 8. The molecule has 2 nitrogen and oxygen atoms in total. The van der Waals surface area contributed by atoms with Crippen molar-refractivity contribution in [3.8, 4) is 5.75 Å². The fraction of sp³-hybridized carbons (Fsp3) is 0.600. The predicted octanol–water partition coefficient (Wildman–Crippen LogP) is 3.49. The lowest BCUT2D eigenvalue weighted by Gasteiger charge is -2.13. The summed E-state index contributed by atoms with van der Waals surface area (Å²) in [7, 11) is 0. The van der Waals surface area contributed by atoms with Gasteiger partial charge in [0.2, 0.25) is 0 Å². The zero-order chi connectivity index (χ0) is 12.5. The third-order valence-corrected chi connectivity index (χ3v) is 3.08. The number of benzene rings is 1. The normalized spacial score (nSPS) is 12.6. The second-order valence-corrected chi connectivity index (χ2v) is 4.77. The van der Waals surface area contributed by atoms with E-state index in [4.69, 9.17) is 0 Å². The van der Waals surface area contributed by atoms with Gasteiger partial charge < -0.3 is 10.4 Å². The Labute approximate surface area is 105 Å². The van der Waals surface area contributed by atoms with Crippen molar-refractivity contribution in [1.82, 2.24) is 5.32 Å². The molecule has 0 aliphatic rings. The summed E-state index contributed by atoms with van der Waals surface area (Å²) in [6.07, 6.45) is 6.25. The first kappa shape index (κ1) is 14.0. The Balaban J connectivity index is 2.12. The Kier molecular flexibility index (Phi) is 6.71. The summed E-state index contributed by atoms with van der Waals surface area (Å²) in [5, 5.41) is 12.7. The van der Waals surface area contributed by atoms with Crippen LogP contribution in [0.5, 0.6) is 5.75 Å². The number of phenols is 1. The first-order chi connectivity index (χ1) is 8.22. The van der Waals surface area contributed by atoms with Crippen LogP contribution in [0.15, 0.2) is 24.3 Å². The summed E-state index contributed by atoms with van der Waals surface area (Å²) < 4.78 is 0. The monoisotopic (exact) mass is 235 g/mol. The summed E-state index contributed by atoms with van der Waals surface area (Å²) >= 11 is 0. The van der Waals surface area contributed by atoms with Crippen molar-refractivity contribution in [1.29, 1.82) is 0 Å². The zero-order valence-electron chi connectivity index (χ0n) is 11.1. The van der Waals surface area contributed by atoms with Crippen molar-refractivity contribution in [3.05, 3.63) is 29.8 Å². The summed E-state index contributed by atoms with van der Waals surface area (Å²) in [5.74, 6) is 0.342. The van der Waals surface area contributed by atoms with Crippen molar-refractivity contribution >= 4 is 0 Å². The first-order valence-electron chi connectivity index (χ1n) is 6.73. The van der Waals surface area contributed by atoms with Crippen molar-refractivity contribution in [2.45, 2.75) is 52.0 Å². The van der Waals surface area contributed by atoms with Gasteiger partial charge in [0.1, 0.15) is 5.75 Å². The average molecular weight is 235 g/mol. The number of hydrogen-bond acceptors (Lipinski definition) is 2. The van der Waals surface area contributed by atoms with Gasteiger partial charge in [-0.1, -0.05) is 38.3 Å². The van der Waals surface area contributed by atoms with Gasteiger partial charge in [-0.25, -0.2) is 0 Å². The number of phenolic OH excluding ortho intramolecular Hbond substituents is 1. The molecule has 0 radical (unpaired) electrons. The van der Waals surface area contributed by atoms with E-state index >= 15 is 0 Å². The second kappa shape index (κ2) is 8.13. The van der Waals surface area contributed by atoms with Crippen LogP contribution in [-0.2, 0) is 6.42 Å². The van der Waals surface area contributed by atoms with E-state index in [9.17, 15) is 5.11 Å². The molecule has 0 saturated carbocycles. The SMILES string of the molecule is CCCCCC(C)NCCc1ccc(O)cc1. The van der Waals surface area contributed by atoms with Crippen molar-refractivity contribution < 1.29 is 5.11 Å². The molecule has 0 fully saturated rings. The molecule has 2 N–H and O–H groups in total. The second-order valence-electron chi connectivity index (χ2n) is 4.77. The molecule has 1 aromatic rings. The molecule has 0 heterocycles. The molecule has 0 saturated heterocycles. The Morgan fingerprint density at radius 3 is 2.53 bits per heavy atom. The van der Waals surface area contributed by atoms with Crippen LogP contribution in [0, 0.1) is 0 Å². The molecule has 1 aromatic carbocycles. The van der Waals surface area contributed by atoms with Gasteiger partial charge in [-0.2, -0.15) is 0 Å². The Morgan fingerprint density at radius 1 is 1.18 bits per heavy atom. The standard InChI is InChI=1S/C15H25NO/c1-3-4-5-6-13(2)16-12-11-14-7-9-15(17)10-8-14/h7-10,13,16-17H,3-6,11-12H2,1-2H3. The highest BCUT2D eigenvalue weighted by atomic mass is 16.3. The van der Waals surface area contributed by atoms with Crippen LogP contribution >= 0.6 is 0 Å². The lowest BCUT2D eigenvalue weighted by Crippen LogP contribution is -2.27. The summed E-state index contributed by atoms with van der Waals surface area (Å²) in [4.78, 5) is 0. The van der Waals surface area contributed by atoms with Gasteiger partial charge in [-0.05, 0) is 44.0 Å². The third kappa shape index (κ3) is 6.32. The highest BCUT2D eigenvalue weighted by Crippen LogP contribution is 2.10. The molecule has 0 amide bonds. The molecule has 1 rings (SSSR count). The van der Waals surface area contributed by atoms with Gasteiger partial charge in [-0.3, -0.25) is 0 Å². The van der Waals surface area contributed by atoms with E-state index in [1.165, 1.54) is 31.2 Å². The van der Waals surface area contributed by atoms with E-state index in [1.54, 1.807) is 12.1 Å². The van der Waals surface area contributed by atoms with Gasteiger partial charge in [0.15, 0.2) is 0 Å². The number of unbranched alkanes of at least 4 members (excludes halogenated alkanes) is 2. The van der Waals surface area contributed by atoms with Crippen LogP contribution in [0.4, 0.5) is 0 Å². The number of hydrogen-bond donors (Lipinski definition) is 2. The van der Waals surface area contributed by atoms with Gasteiger partial charge in [0, 0.05) is 6.04 Å². The van der Waals surface area contributed by atoms with Gasteiger partial charge >= 0.3 is 0 Å². The molecule has 0 aliphatic heterocycles. The fourth-order valence-corrected chi connectivity index (χ4v) is 1.93.